The molecule has 0 atom stereocenters. The summed E-state index contributed by atoms with van der Waals surface area (Å²) in [5, 5.41) is 29.9. The van der Waals surface area contributed by atoms with Gasteiger partial charge in [-0.2, -0.15) is 13.2 Å². The summed E-state index contributed by atoms with van der Waals surface area (Å²) >= 11 is 0. The molecule has 0 bridgehead atoms. The second-order valence-electron chi connectivity index (χ2n) is 7.34. The first-order chi connectivity index (χ1) is 16.0. The van der Waals surface area contributed by atoms with Gasteiger partial charge in [-0.15, -0.1) is 0 Å². The summed E-state index contributed by atoms with van der Waals surface area (Å²) in [4.78, 5) is 11.1. The second-order valence-corrected chi connectivity index (χ2v) is 7.34. The Balaban J connectivity index is 2.03. The van der Waals surface area contributed by atoms with Crippen LogP contribution in [0, 0.1) is 17.0 Å². The fraction of sp³-hybridized carbons (Fsp3) is 0.167. The summed E-state index contributed by atoms with van der Waals surface area (Å²) in [5.74, 6) is -4.58. The Morgan fingerprint density at radius 2 is 1.71 bits per heavy atom. The summed E-state index contributed by atoms with van der Waals surface area (Å²) in [6.07, 6.45) is -4.31. The molecular formula is C24H19F5N2O3. The third-order valence-corrected chi connectivity index (χ3v) is 5.26. The van der Waals surface area contributed by atoms with Gasteiger partial charge in [0.2, 0.25) is 0 Å². The van der Waals surface area contributed by atoms with E-state index in [1.807, 2.05) is 0 Å². The third kappa shape index (κ3) is 4.85. The standard InChI is InChI=1S/C24H19F5N2O3/c1-2-12-5-3-6-16(24(27,28)29)15(12)11-31-19-8-4-7-17(25)21(19)22(30)13-10-20(32)14(23(33)34)9-18(13)26/h3-10,30-32H,2,11H2,1H3,(H,33,34). The molecule has 3 aromatic carbocycles. The number of carbonyl (C=O) groups is 1. The van der Waals surface area contributed by atoms with E-state index in [-0.39, 0.29) is 17.8 Å². The lowest BCUT2D eigenvalue weighted by Gasteiger charge is -2.19. The van der Waals surface area contributed by atoms with Crippen molar-refractivity contribution in [1.29, 1.82) is 5.41 Å². The fourth-order valence-electron chi connectivity index (χ4n) is 3.61. The Labute approximate surface area is 191 Å². The molecule has 0 saturated heterocycles. The minimum Gasteiger partial charge on any atom is -0.507 e. The van der Waals surface area contributed by atoms with E-state index in [2.05, 4.69) is 5.32 Å². The largest absolute Gasteiger partial charge is 0.507 e. The Morgan fingerprint density at radius 1 is 1.03 bits per heavy atom. The van der Waals surface area contributed by atoms with Crippen molar-refractivity contribution in [3.63, 3.8) is 0 Å². The molecule has 3 aromatic rings. The van der Waals surface area contributed by atoms with Crippen LogP contribution in [0.3, 0.4) is 0 Å². The van der Waals surface area contributed by atoms with Crippen molar-refractivity contribution in [1.82, 2.24) is 0 Å². The number of alkyl halides is 3. The zero-order valence-electron chi connectivity index (χ0n) is 17.7. The van der Waals surface area contributed by atoms with Crippen molar-refractivity contribution < 1.29 is 37.0 Å². The number of aromatic carboxylic acids is 1. The van der Waals surface area contributed by atoms with Crippen LogP contribution in [0.25, 0.3) is 0 Å². The van der Waals surface area contributed by atoms with E-state index in [1.165, 1.54) is 18.2 Å². The first-order valence-electron chi connectivity index (χ1n) is 10.0. The summed E-state index contributed by atoms with van der Waals surface area (Å²) in [7, 11) is 0. The molecule has 5 nitrogen and oxygen atoms in total. The van der Waals surface area contributed by atoms with E-state index in [0.717, 1.165) is 12.1 Å². The predicted molar refractivity (Wildman–Crippen MR) is 116 cm³/mol. The number of carboxylic acid groups (broad SMARTS) is 1. The number of carboxylic acids is 1. The normalized spacial score (nSPS) is 11.4. The van der Waals surface area contributed by atoms with Gasteiger partial charge in [0, 0.05) is 17.8 Å². The van der Waals surface area contributed by atoms with Crippen LogP contribution in [0.2, 0.25) is 0 Å². The number of halogens is 5. The first kappa shape index (κ1) is 24.7. The Morgan fingerprint density at radius 3 is 2.32 bits per heavy atom. The van der Waals surface area contributed by atoms with Gasteiger partial charge in [0.1, 0.15) is 22.9 Å². The van der Waals surface area contributed by atoms with Crippen LogP contribution in [0.1, 0.15) is 45.1 Å². The topological polar surface area (TPSA) is 93.4 Å². The maximum Gasteiger partial charge on any atom is 0.416 e. The predicted octanol–water partition coefficient (Wildman–Crippen LogP) is 5.98. The number of hydrogen-bond acceptors (Lipinski definition) is 4. The zero-order chi connectivity index (χ0) is 25.2. The molecular weight excluding hydrogens is 459 g/mol. The van der Waals surface area contributed by atoms with Crippen molar-refractivity contribution in [2.75, 3.05) is 5.32 Å². The molecule has 0 aliphatic heterocycles. The quantitative estimate of drug-likeness (QED) is 0.248. The molecule has 0 aliphatic rings. The minimum absolute atomic E-state index is 0.0473. The Kier molecular flexibility index (Phi) is 6.90. The van der Waals surface area contributed by atoms with Gasteiger partial charge in [-0.05, 0) is 47.9 Å². The smallest absolute Gasteiger partial charge is 0.416 e. The molecule has 34 heavy (non-hydrogen) atoms. The molecule has 0 amide bonds. The van der Waals surface area contributed by atoms with Gasteiger partial charge in [-0.25, -0.2) is 13.6 Å². The van der Waals surface area contributed by atoms with E-state index in [9.17, 15) is 31.9 Å². The molecule has 3 rings (SSSR count). The van der Waals surface area contributed by atoms with Crippen molar-refractivity contribution in [3.8, 4) is 5.75 Å². The van der Waals surface area contributed by atoms with E-state index >= 15 is 0 Å². The van der Waals surface area contributed by atoms with Gasteiger partial charge in [0.05, 0.1) is 16.8 Å². The number of benzene rings is 3. The molecule has 0 unspecified atom stereocenters. The van der Waals surface area contributed by atoms with Crippen LogP contribution in [0.4, 0.5) is 27.6 Å². The number of aryl methyl sites for hydroxylation is 1. The average Bonchev–Trinajstić information content (AvgIpc) is 2.77. The fourth-order valence-corrected chi connectivity index (χ4v) is 3.61. The maximum absolute atomic E-state index is 14.7. The van der Waals surface area contributed by atoms with Gasteiger partial charge >= 0.3 is 12.1 Å². The van der Waals surface area contributed by atoms with Crippen molar-refractivity contribution >= 4 is 17.4 Å². The molecule has 0 heterocycles. The average molecular weight is 478 g/mol. The summed E-state index contributed by atoms with van der Waals surface area (Å²) in [6, 6.07) is 8.54. The van der Waals surface area contributed by atoms with E-state index in [0.29, 0.717) is 24.1 Å². The molecule has 0 aliphatic carbocycles. The minimum atomic E-state index is -4.62. The number of rotatable bonds is 7. The van der Waals surface area contributed by atoms with Crippen molar-refractivity contribution in [2.24, 2.45) is 0 Å². The lowest BCUT2D eigenvalue weighted by molar-refractivity contribution is -0.138. The Hall–Kier alpha value is -3.95. The summed E-state index contributed by atoms with van der Waals surface area (Å²) in [5.41, 5.74) is -3.06. The summed E-state index contributed by atoms with van der Waals surface area (Å²) in [6.45, 7) is 1.34. The van der Waals surface area contributed by atoms with E-state index in [4.69, 9.17) is 10.5 Å². The van der Waals surface area contributed by atoms with E-state index < -0.39 is 57.5 Å². The van der Waals surface area contributed by atoms with Gasteiger partial charge in [-0.3, -0.25) is 5.41 Å². The highest BCUT2D eigenvalue weighted by atomic mass is 19.4. The molecule has 10 heteroatoms. The number of anilines is 1. The van der Waals surface area contributed by atoms with Gasteiger partial charge in [0.25, 0.3) is 0 Å². The van der Waals surface area contributed by atoms with E-state index in [1.54, 1.807) is 13.0 Å². The number of phenols is 1. The van der Waals surface area contributed by atoms with Crippen LogP contribution < -0.4 is 5.32 Å². The zero-order valence-corrected chi connectivity index (χ0v) is 17.7. The molecule has 4 N–H and O–H groups in total. The van der Waals surface area contributed by atoms with Crippen molar-refractivity contribution in [3.05, 3.63) is 93.5 Å². The monoisotopic (exact) mass is 478 g/mol. The molecule has 0 saturated carbocycles. The maximum atomic E-state index is 14.7. The lowest BCUT2D eigenvalue weighted by atomic mass is 9.96. The SMILES string of the molecule is CCc1cccc(C(F)(F)F)c1CNc1cccc(F)c1C(=N)c1cc(O)c(C(=O)O)cc1F. The van der Waals surface area contributed by atoms with Crippen LogP contribution in [-0.4, -0.2) is 21.9 Å². The molecule has 178 valence electrons. The molecule has 0 radical (unpaired) electrons. The van der Waals surface area contributed by atoms with Gasteiger partial charge < -0.3 is 15.5 Å². The van der Waals surface area contributed by atoms with Crippen LogP contribution in [-0.2, 0) is 19.1 Å². The van der Waals surface area contributed by atoms with Crippen LogP contribution >= 0.6 is 0 Å². The first-order valence-corrected chi connectivity index (χ1v) is 10.0. The Bertz CT molecular complexity index is 1270. The van der Waals surface area contributed by atoms with Gasteiger partial charge in [0.15, 0.2) is 0 Å². The molecule has 0 spiro atoms. The van der Waals surface area contributed by atoms with Gasteiger partial charge in [-0.1, -0.05) is 25.1 Å². The molecule has 0 fully saturated rings. The molecule has 0 aromatic heterocycles. The van der Waals surface area contributed by atoms with Crippen molar-refractivity contribution in [2.45, 2.75) is 26.1 Å². The number of hydrogen-bond donors (Lipinski definition) is 4. The number of aromatic hydroxyl groups is 1. The van der Waals surface area contributed by atoms with Crippen LogP contribution in [0.15, 0.2) is 48.5 Å². The second kappa shape index (κ2) is 9.50. The highest BCUT2D eigenvalue weighted by Gasteiger charge is 2.34. The summed E-state index contributed by atoms with van der Waals surface area (Å²) < 4.78 is 69.8. The highest BCUT2D eigenvalue weighted by molar-refractivity contribution is 6.15. The van der Waals surface area contributed by atoms with Crippen LogP contribution in [0.5, 0.6) is 5.75 Å². The third-order valence-electron chi connectivity index (χ3n) is 5.26. The highest BCUT2D eigenvalue weighted by Crippen LogP contribution is 2.35. The lowest BCUT2D eigenvalue weighted by Crippen LogP contribution is -2.16. The number of nitrogens with one attached hydrogen (secondary N) is 2.